The Balaban J connectivity index is 1.43. The Kier molecular flexibility index (Phi) is 8.30. The molecule has 0 saturated carbocycles. The Morgan fingerprint density at radius 3 is 2.53 bits per heavy atom. The van der Waals surface area contributed by atoms with Crippen LogP contribution in [0.5, 0.6) is 5.75 Å². The lowest BCUT2D eigenvalue weighted by molar-refractivity contribution is -0.111. The molecule has 4 rings (SSSR count). The highest BCUT2D eigenvalue weighted by molar-refractivity contribution is 5.99. The number of methoxy groups -OCH3 is 1. The molecule has 1 aliphatic rings. The second kappa shape index (κ2) is 12.0. The van der Waals surface area contributed by atoms with Crippen molar-refractivity contribution >= 4 is 40.4 Å². The van der Waals surface area contributed by atoms with E-state index in [9.17, 15) is 9.18 Å². The van der Waals surface area contributed by atoms with E-state index >= 15 is 0 Å². The summed E-state index contributed by atoms with van der Waals surface area (Å²) < 4.78 is 18.0. The standard InChI is InChI=1S/C26H30FN7O2/c1-3-24(35)29-20-5-4-6-21(17-20)30-25-23(36-2)18-28-26(32-25)31-19-7-9-22(10-8-19)34-15-13-33(12-11-27)14-16-34/h3-10,17-18H,1,11-16H2,2H3,(H,29,35)(H2,28,30,31,32). The zero-order chi connectivity index (χ0) is 25.3. The topological polar surface area (TPSA) is 94.6 Å². The summed E-state index contributed by atoms with van der Waals surface area (Å²) in [5.74, 6) is 1.07. The number of nitrogens with zero attached hydrogens (tertiary/aromatic N) is 4. The molecule has 1 aliphatic heterocycles. The Bertz CT molecular complexity index is 1180. The molecule has 1 aromatic heterocycles. The molecule has 3 aromatic rings. The number of benzene rings is 2. The molecule has 188 valence electrons. The highest BCUT2D eigenvalue weighted by Crippen LogP contribution is 2.28. The van der Waals surface area contributed by atoms with Gasteiger partial charge >= 0.3 is 0 Å². The van der Waals surface area contributed by atoms with Gasteiger partial charge in [0, 0.05) is 55.5 Å². The first-order chi connectivity index (χ1) is 17.6. The normalized spacial score (nSPS) is 13.7. The van der Waals surface area contributed by atoms with E-state index in [0.29, 0.717) is 29.7 Å². The van der Waals surface area contributed by atoms with E-state index in [-0.39, 0.29) is 12.6 Å². The number of anilines is 6. The van der Waals surface area contributed by atoms with Crippen LogP contribution in [-0.2, 0) is 4.79 Å². The highest BCUT2D eigenvalue weighted by Gasteiger charge is 2.17. The molecule has 1 saturated heterocycles. The van der Waals surface area contributed by atoms with Gasteiger partial charge < -0.3 is 25.6 Å². The first kappa shape index (κ1) is 24.9. The molecule has 2 aromatic carbocycles. The van der Waals surface area contributed by atoms with Crippen LogP contribution < -0.4 is 25.6 Å². The molecule has 0 aliphatic carbocycles. The molecule has 9 nitrogen and oxygen atoms in total. The molecule has 0 bridgehead atoms. The number of rotatable bonds is 10. The number of nitrogens with one attached hydrogen (secondary N) is 3. The number of carbonyl (C=O) groups excluding carboxylic acids is 1. The van der Waals surface area contributed by atoms with Crippen LogP contribution in [-0.4, -0.2) is 67.3 Å². The smallest absolute Gasteiger partial charge is 0.247 e. The number of hydrogen-bond donors (Lipinski definition) is 3. The average molecular weight is 492 g/mol. The lowest BCUT2D eigenvalue weighted by Gasteiger charge is -2.35. The molecule has 0 unspecified atom stereocenters. The second-order valence-corrected chi connectivity index (χ2v) is 8.20. The minimum atomic E-state index is -0.300. The van der Waals surface area contributed by atoms with E-state index in [1.807, 2.05) is 24.3 Å². The third kappa shape index (κ3) is 6.48. The van der Waals surface area contributed by atoms with Gasteiger partial charge in [0.05, 0.1) is 13.3 Å². The van der Waals surface area contributed by atoms with Crippen LogP contribution in [0.4, 0.5) is 38.9 Å². The lowest BCUT2D eigenvalue weighted by atomic mass is 10.2. The molecule has 3 N–H and O–H groups in total. The van der Waals surface area contributed by atoms with Crippen molar-refractivity contribution in [1.82, 2.24) is 14.9 Å². The van der Waals surface area contributed by atoms with Crippen molar-refractivity contribution < 1.29 is 13.9 Å². The minimum absolute atomic E-state index is 0.289. The van der Waals surface area contributed by atoms with Gasteiger partial charge in [-0.05, 0) is 48.5 Å². The summed E-state index contributed by atoms with van der Waals surface area (Å²) in [6.07, 6.45) is 2.80. The van der Waals surface area contributed by atoms with Crippen molar-refractivity contribution in [3.8, 4) is 5.75 Å². The van der Waals surface area contributed by atoms with Crippen molar-refractivity contribution in [2.45, 2.75) is 0 Å². The van der Waals surface area contributed by atoms with Gasteiger partial charge in [0.15, 0.2) is 11.6 Å². The van der Waals surface area contributed by atoms with Crippen LogP contribution in [0.25, 0.3) is 0 Å². The molecule has 2 heterocycles. The van der Waals surface area contributed by atoms with Crippen LogP contribution in [0.2, 0.25) is 0 Å². The quantitative estimate of drug-likeness (QED) is 0.364. The number of alkyl halides is 1. The zero-order valence-corrected chi connectivity index (χ0v) is 20.2. The summed E-state index contributed by atoms with van der Waals surface area (Å²) in [7, 11) is 1.55. The van der Waals surface area contributed by atoms with Gasteiger partial charge in [0.25, 0.3) is 0 Å². The number of hydrogen-bond acceptors (Lipinski definition) is 8. The van der Waals surface area contributed by atoms with Gasteiger partial charge in [-0.15, -0.1) is 0 Å². The molecule has 0 spiro atoms. The molecule has 36 heavy (non-hydrogen) atoms. The Morgan fingerprint density at radius 2 is 1.83 bits per heavy atom. The van der Waals surface area contributed by atoms with Crippen LogP contribution >= 0.6 is 0 Å². The fraction of sp³-hybridized carbons (Fsp3) is 0.269. The van der Waals surface area contributed by atoms with E-state index in [1.54, 1.807) is 25.4 Å². The third-order valence-electron chi connectivity index (χ3n) is 5.81. The molecular weight excluding hydrogens is 461 g/mol. The molecule has 0 atom stereocenters. The summed E-state index contributed by atoms with van der Waals surface area (Å²) in [5.41, 5.74) is 3.32. The lowest BCUT2D eigenvalue weighted by Crippen LogP contribution is -2.47. The number of amides is 1. The predicted molar refractivity (Wildman–Crippen MR) is 141 cm³/mol. The fourth-order valence-electron chi connectivity index (χ4n) is 3.91. The van der Waals surface area contributed by atoms with Gasteiger partial charge in [-0.2, -0.15) is 4.98 Å². The predicted octanol–water partition coefficient (Wildman–Crippen LogP) is 4.19. The van der Waals surface area contributed by atoms with E-state index in [0.717, 1.165) is 43.2 Å². The van der Waals surface area contributed by atoms with E-state index in [2.05, 4.69) is 54.4 Å². The van der Waals surface area contributed by atoms with Gasteiger partial charge in [-0.25, -0.2) is 9.37 Å². The number of halogens is 1. The van der Waals surface area contributed by atoms with Crippen LogP contribution in [0.15, 0.2) is 67.4 Å². The van der Waals surface area contributed by atoms with Crippen molar-refractivity contribution in [3.63, 3.8) is 0 Å². The maximum absolute atomic E-state index is 12.6. The van der Waals surface area contributed by atoms with Crippen LogP contribution in [0.1, 0.15) is 0 Å². The third-order valence-corrected chi connectivity index (χ3v) is 5.81. The second-order valence-electron chi connectivity index (χ2n) is 8.20. The van der Waals surface area contributed by atoms with Crippen LogP contribution in [0.3, 0.4) is 0 Å². The minimum Gasteiger partial charge on any atom is -0.491 e. The summed E-state index contributed by atoms with van der Waals surface area (Å²) in [6.45, 7) is 7.16. The van der Waals surface area contributed by atoms with Gasteiger partial charge in [0.1, 0.15) is 6.67 Å². The first-order valence-electron chi connectivity index (χ1n) is 11.7. The molecule has 1 amide bonds. The largest absolute Gasteiger partial charge is 0.491 e. The summed E-state index contributed by atoms with van der Waals surface area (Å²) >= 11 is 0. The molecular formula is C26H30FN7O2. The summed E-state index contributed by atoms with van der Waals surface area (Å²) in [6, 6.07) is 15.3. The van der Waals surface area contributed by atoms with E-state index in [4.69, 9.17) is 4.74 Å². The summed E-state index contributed by atoms with van der Waals surface area (Å²) in [5, 5.41) is 9.18. The Morgan fingerprint density at radius 1 is 1.08 bits per heavy atom. The molecule has 10 heteroatoms. The number of aromatic nitrogens is 2. The van der Waals surface area contributed by atoms with Crippen molar-refractivity contribution in [1.29, 1.82) is 0 Å². The van der Waals surface area contributed by atoms with Gasteiger partial charge in [0.2, 0.25) is 11.9 Å². The van der Waals surface area contributed by atoms with Crippen molar-refractivity contribution in [3.05, 3.63) is 67.4 Å². The number of piperazine rings is 1. The Hall–Kier alpha value is -4.18. The SMILES string of the molecule is C=CC(=O)Nc1cccc(Nc2nc(Nc3ccc(N4CCN(CCF)CC4)cc3)ncc2OC)c1. The van der Waals surface area contributed by atoms with E-state index in [1.165, 1.54) is 6.08 Å². The van der Waals surface area contributed by atoms with Gasteiger partial charge in [-0.3, -0.25) is 9.69 Å². The highest BCUT2D eigenvalue weighted by atomic mass is 19.1. The number of carbonyl (C=O) groups is 1. The van der Waals surface area contributed by atoms with Crippen molar-refractivity contribution in [2.24, 2.45) is 0 Å². The Labute approximate surface area is 210 Å². The first-order valence-corrected chi connectivity index (χ1v) is 11.7. The zero-order valence-electron chi connectivity index (χ0n) is 20.2. The van der Waals surface area contributed by atoms with Gasteiger partial charge in [-0.1, -0.05) is 12.6 Å². The monoisotopic (exact) mass is 491 g/mol. The summed E-state index contributed by atoms with van der Waals surface area (Å²) in [4.78, 5) is 25.0. The number of ether oxygens (including phenoxy) is 1. The van der Waals surface area contributed by atoms with Crippen LogP contribution in [0, 0.1) is 0 Å². The molecule has 0 radical (unpaired) electrons. The average Bonchev–Trinajstić information content (AvgIpc) is 2.90. The fourth-order valence-corrected chi connectivity index (χ4v) is 3.91. The van der Waals surface area contributed by atoms with E-state index < -0.39 is 0 Å². The maximum Gasteiger partial charge on any atom is 0.247 e. The molecule has 1 fully saturated rings. The maximum atomic E-state index is 12.6. The van der Waals surface area contributed by atoms with Crippen molar-refractivity contribution in [2.75, 3.05) is 67.4 Å².